The second-order valence-electron chi connectivity index (χ2n) is 6.10. The Morgan fingerprint density at radius 2 is 1.70 bits per heavy atom. The second-order valence-corrected chi connectivity index (χ2v) is 8.63. The lowest BCUT2D eigenvalue weighted by atomic mass is 10.3. The van der Waals surface area contributed by atoms with E-state index in [0.717, 1.165) is 6.07 Å². The van der Waals surface area contributed by atoms with E-state index in [4.69, 9.17) is 27.9 Å². The van der Waals surface area contributed by atoms with Crippen LogP contribution in [0.25, 0.3) is 0 Å². The summed E-state index contributed by atoms with van der Waals surface area (Å²) in [5.74, 6) is -1.04. The summed E-state index contributed by atoms with van der Waals surface area (Å²) in [4.78, 5) is 11.0. The molecule has 0 aliphatic heterocycles. The SMILES string of the molecule is CC(=O)Nc1ccc(S(=O)(=O)Nc2c(F)cccc2Oc2ccc(Cl)cc2Cl)cc1. The number of anilines is 2. The zero-order valence-electron chi connectivity index (χ0n) is 15.4. The third-order valence-electron chi connectivity index (χ3n) is 3.81. The lowest BCUT2D eigenvalue weighted by Crippen LogP contribution is -2.15. The van der Waals surface area contributed by atoms with E-state index in [-0.39, 0.29) is 33.0 Å². The van der Waals surface area contributed by atoms with Crippen molar-refractivity contribution in [1.29, 1.82) is 0 Å². The maximum absolute atomic E-state index is 14.5. The standard InChI is InChI=1S/C20H15Cl2FN2O4S/c1-12(26)24-14-6-8-15(9-7-14)30(27,28)25-20-17(23)3-2-4-19(20)29-18-10-5-13(21)11-16(18)22/h2-11,25H,1H3,(H,24,26). The minimum absolute atomic E-state index is 0.0855. The van der Waals surface area contributed by atoms with Crippen LogP contribution in [0.2, 0.25) is 10.0 Å². The van der Waals surface area contributed by atoms with Gasteiger partial charge in [-0.3, -0.25) is 9.52 Å². The zero-order valence-corrected chi connectivity index (χ0v) is 17.8. The van der Waals surface area contributed by atoms with Crippen molar-refractivity contribution in [3.05, 3.63) is 76.5 Å². The summed E-state index contributed by atoms with van der Waals surface area (Å²) in [5, 5.41) is 3.09. The maximum Gasteiger partial charge on any atom is 0.262 e. The van der Waals surface area contributed by atoms with Gasteiger partial charge in [-0.05, 0) is 54.6 Å². The van der Waals surface area contributed by atoms with Gasteiger partial charge >= 0.3 is 0 Å². The molecule has 30 heavy (non-hydrogen) atoms. The van der Waals surface area contributed by atoms with Crippen LogP contribution >= 0.6 is 23.2 Å². The quantitative estimate of drug-likeness (QED) is 0.486. The number of carbonyl (C=O) groups is 1. The van der Waals surface area contributed by atoms with Crippen LogP contribution in [-0.4, -0.2) is 14.3 Å². The summed E-state index contributed by atoms with van der Waals surface area (Å²) in [6.45, 7) is 1.33. The monoisotopic (exact) mass is 468 g/mol. The summed E-state index contributed by atoms with van der Waals surface area (Å²) in [5.41, 5.74) is 0.0446. The molecule has 0 radical (unpaired) electrons. The van der Waals surface area contributed by atoms with E-state index in [1.54, 1.807) is 0 Å². The van der Waals surface area contributed by atoms with Crippen molar-refractivity contribution >= 4 is 50.5 Å². The van der Waals surface area contributed by atoms with Crippen molar-refractivity contribution in [2.75, 3.05) is 10.0 Å². The molecule has 0 saturated heterocycles. The molecule has 156 valence electrons. The summed E-state index contributed by atoms with van der Waals surface area (Å²) in [7, 11) is -4.15. The molecule has 0 atom stereocenters. The molecule has 0 saturated carbocycles. The highest BCUT2D eigenvalue weighted by Gasteiger charge is 2.20. The number of benzene rings is 3. The average Bonchev–Trinajstić information content (AvgIpc) is 2.66. The fourth-order valence-corrected chi connectivity index (χ4v) is 4.00. The van der Waals surface area contributed by atoms with Gasteiger partial charge in [-0.15, -0.1) is 0 Å². The smallest absolute Gasteiger partial charge is 0.262 e. The molecule has 0 fully saturated rings. The summed E-state index contributed by atoms with van der Waals surface area (Å²) >= 11 is 11.9. The highest BCUT2D eigenvalue weighted by atomic mass is 35.5. The van der Waals surface area contributed by atoms with Crippen LogP contribution in [0.3, 0.4) is 0 Å². The lowest BCUT2D eigenvalue weighted by Gasteiger charge is -2.15. The first-order chi connectivity index (χ1) is 14.2. The van der Waals surface area contributed by atoms with Crippen LogP contribution in [0.4, 0.5) is 15.8 Å². The number of halogens is 3. The van der Waals surface area contributed by atoms with E-state index in [2.05, 4.69) is 10.0 Å². The normalized spacial score (nSPS) is 11.1. The number of ether oxygens (including phenoxy) is 1. The highest BCUT2D eigenvalue weighted by molar-refractivity contribution is 7.92. The van der Waals surface area contributed by atoms with Crippen LogP contribution in [0.5, 0.6) is 11.5 Å². The summed E-state index contributed by atoms with van der Waals surface area (Å²) in [6.07, 6.45) is 0. The van der Waals surface area contributed by atoms with Gasteiger partial charge in [-0.1, -0.05) is 29.3 Å². The molecule has 0 heterocycles. The van der Waals surface area contributed by atoms with Crippen LogP contribution in [0, 0.1) is 5.82 Å². The van der Waals surface area contributed by atoms with E-state index in [0.29, 0.717) is 10.7 Å². The first-order valence-electron chi connectivity index (χ1n) is 8.47. The number of para-hydroxylation sites is 1. The molecular weight excluding hydrogens is 454 g/mol. The Kier molecular flexibility index (Phi) is 6.50. The number of sulfonamides is 1. The molecule has 3 rings (SSSR count). The first kappa shape index (κ1) is 21.9. The minimum Gasteiger partial charge on any atom is -0.453 e. The van der Waals surface area contributed by atoms with E-state index in [1.807, 2.05) is 0 Å². The molecular formula is C20H15Cl2FN2O4S. The number of carbonyl (C=O) groups excluding carboxylic acids is 1. The number of amides is 1. The molecule has 0 unspecified atom stereocenters. The van der Waals surface area contributed by atoms with Gasteiger partial charge in [0.05, 0.1) is 9.92 Å². The number of hydrogen-bond acceptors (Lipinski definition) is 4. The highest BCUT2D eigenvalue weighted by Crippen LogP contribution is 2.37. The third kappa shape index (κ3) is 5.21. The van der Waals surface area contributed by atoms with Gasteiger partial charge in [0.2, 0.25) is 5.91 Å². The predicted molar refractivity (Wildman–Crippen MR) is 114 cm³/mol. The Labute approximate surface area is 182 Å². The fourth-order valence-electron chi connectivity index (χ4n) is 2.48. The van der Waals surface area contributed by atoms with Crippen LogP contribution in [0.1, 0.15) is 6.92 Å². The van der Waals surface area contributed by atoms with Crippen molar-refractivity contribution < 1.29 is 22.3 Å². The van der Waals surface area contributed by atoms with Crippen molar-refractivity contribution in [2.24, 2.45) is 0 Å². The Balaban J connectivity index is 1.91. The Bertz CT molecular complexity index is 1200. The zero-order chi connectivity index (χ0) is 21.9. The average molecular weight is 469 g/mol. The van der Waals surface area contributed by atoms with Crippen molar-refractivity contribution in [3.8, 4) is 11.5 Å². The minimum atomic E-state index is -4.15. The van der Waals surface area contributed by atoms with Crippen molar-refractivity contribution in [2.45, 2.75) is 11.8 Å². The van der Waals surface area contributed by atoms with E-state index in [1.165, 1.54) is 61.5 Å². The molecule has 10 heteroatoms. The van der Waals surface area contributed by atoms with Crippen molar-refractivity contribution in [3.63, 3.8) is 0 Å². The lowest BCUT2D eigenvalue weighted by molar-refractivity contribution is -0.114. The van der Waals surface area contributed by atoms with E-state index in [9.17, 15) is 17.6 Å². The predicted octanol–water partition coefficient (Wildman–Crippen LogP) is 5.68. The molecule has 0 aliphatic rings. The number of rotatable bonds is 6. The van der Waals surface area contributed by atoms with Crippen LogP contribution < -0.4 is 14.8 Å². The Morgan fingerprint density at radius 1 is 1.00 bits per heavy atom. The summed E-state index contributed by atoms with van der Waals surface area (Å²) in [6, 6.07) is 13.7. The third-order valence-corrected chi connectivity index (χ3v) is 5.71. The topological polar surface area (TPSA) is 84.5 Å². The van der Waals surface area contributed by atoms with Gasteiger partial charge in [0, 0.05) is 17.6 Å². The van der Waals surface area contributed by atoms with Crippen LogP contribution in [-0.2, 0) is 14.8 Å². The van der Waals surface area contributed by atoms with Crippen LogP contribution in [0.15, 0.2) is 65.6 Å². The van der Waals surface area contributed by atoms with Gasteiger partial charge in [0.1, 0.15) is 11.4 Å². The van der Waals surface area contributed by atoms with Gasteiger partial charge in [0.25, 0.3) is 10.0 Å². The van der Waals surface area contributed by atoms with Gasteiger partial charge < -0.3 is 10.1 Å². The molecule has 0 aliphatic carbocycles. The fraction of sp³-hybridized carbons (Fsp3) is 0.0500. The van der Waals surface area contributed by atoms with E-state index < -0.39 is 15.8 Å². The first-order valence-corrected chi connectivity index (χ1v) is 10.7. The maximum atomic E-state index is 14.5. The second kappa shape index (κ2) is 8.91. The Morgan fingerprint density at radius 3 is 2.33 bits per heavy atom. The largest absolute Gasteiger partial charge is 0.453 e. The molecule has 0 spiro atoms. The molecule has 0 bridgehead atoms. The molecule has 3 aromatic rings. The van der Waals surface area contributed by atoms with E-state index >= 15 is 0 Å². The molecule has 1 amide bonds. The van der Waals surface area contributed by atoms with Gasteiger partial charge in [-0.2, -0.15) is 0 Å². The molecule has 6 nitrogen and oxygen atoms in total. The molecule has 0 aromatic heterocycles. The van der Waals surface area contributed by atoms with Crippen molar-refractivity contribution in [1.82, 2.24) is 0 Å². The summed E-state index contributed by atoms with van der Waals surface area (Å²) < 4.78 is 47.8. The number of hydrogen-bond donors (Lipinski definition) is 2. The molecule has 3 aromatic carbocycles. The Hall–Kier alpha value is -2.81. The number of nitrogens with one attached hydrogen (secondary N) is 2. The molecule has 2 N–H and O–H groups in total. The van der Waals surface area contributed by atoms with Gasteiger partial charge in [-0.25, -0.2) is 12.8 Å². The van der Waals surface area contributed by atoms with Gasteiger partial charge in [0.15, 0.2) is 11.6 Å².